The van der Waals surface area contributed by atoms with Crippen LogP contribution >= 0.6 is 15.9 Å². The van der Waals surface area contributed by atoms with Crippen LogP contribution in [-0.4, -0.2) is 11.7 Å². The van der Waals surface area contributed by atoms with E-state index in [1.54, 1.807) is 13.2 Å². The van der Waals surface area contributed by atoms with E-state index in [-0.39, 0.29) is 0 Å². The van der Waals surface area contributed by atoms with Crippen LogP contribution in [0.3, 0.4) is 0 Å². The van der Waals surface area contributed by atoms with Gasteiger partial charge in [0, 0.05) is 28.1 Å². The van der Waals surface area contributed by atoms with E-state index >= 15 is 0 Å². The molecule has 0 unspecified atom stereocenters. The Morgan fingerprint density at radius 2 is 2.10 bits per heavy atom. The van der Waals surface area contributed by atoms with Crippen LogP contribution in [0.15, 0.2) is 53.1 Å². The van der Waals surface area contributed by atoms with Crippen molar-refractivity contribution in [2.45, 2.75) is 6.54 Å². The number of nitriles is 1. The van der Waals surface area contributed by atoms with Gasteiger partial charge in [-0.05, 0) is 35.9 Å². The fraction of sp³-hybridized carbons (Fsp3) is 0.118. The summed E-state index contributed by atoms with van der Waals surface area (Å²) in [7, 11) is 1.59. The van der Waals surface area contributed by atoms with Crippen molar-refractivity contribution in [1.82, 2.24) is 4.57 Å². The largest absolute Gasteiger partial charge is 0.495 e. The summed E-state index contributed by atoms with van der Waals surface area (Å²) in [5, 5.41) is 10.2. The number of methoxy groups -OCH3 is 1. The molecular formula is C17H13BrN2O. The van der Waals surface area contributed by atoms with Gasteiger partial charge in [-0.3, -0.25) is 0 Å². The van der Waals surface area contributed by atoms with E-state index in [1.165, 1.54) is 10.9 Å². The minimum Gasteiger partial charge on any atom is -0.495 e. The summed E-state index contributed by atoms with van der Waals surface area (Å²) in [5.74, 6) is 0.618. The smallest absolute Gasteiger partial charge is 0.136 e. The first-order valence-corrected chi connectivity index (χ1v) is 7.32. The molecule has 0 amide bonds. The number of halogens is 1. The predicted octanol–water partition coefficient (Wildman–Crippen LogP) is 4.33. The highest BCUT2D eigenvalue weighted by molar-refractivity contribution is 9.10. The summed E-state index contributed by atoms with van der Waals surface area (Å²) in [5.41, 5.74) is 2.83. The van der Waals surface area contributed by atoms with Gasteiger partial charge in [0.1, 0.15) is 11.8 Å². The van der Waals surface area contributed by atoms with Crippen molar-refractivity contribution in [3.8, 4) is 11.8 Å². The van der Waals surface area contributed by atoms with Crippen LogP contribution in [0.2, 0.25) is 0 Å². The Morgan fingerprint density at radius 3 is 2.86 bits per heavy atom. The monoisotopic (exact) mass is 340 g/mol. The summed E-state index contributed by atoms with van der Waals surface area (Å²) >= 11 is 3.57. The molecule has 0 saturated heterocycles. The van der Waals surface area contributed by atoms with Crippen LogP contribution in [-0.2, 0) is 6.54 Å². The molecule has 1 aromatic heterocycles. The number of fused-ring (bicyclic) bond motifs is 1. The molecule has 1 heterocycles. The van der Waals surface area contributed by atoms with E-state index in [4.69, 9.17) is 10.00 Å². The maximum absolute atomic E-state index is 9.03. The Balaban J connectivity index is 1.99. The second-order valence-electron chi connectivity index (χ2n) is 4.76. The lowest BCUT2D eigenvalue weighted by atomic mass is 10.1. The Bertz CT molecular complexity index is 846. The van der Waals surface area contributed by atoms with Crippen LogP contribution in [0, 0.1) is 11.3 Å². The zero-order valence-electron chi connectivity index (χ0n) is 11.5. The number of nitrogens with zero attached hydrogens (tertiary/aromatic N) is 2. The molecule has 0 aliphatic heterocycles. The third-order valence-corrected chi connectivity index (χ3v) is 4.19. The number of hydrogen-bond acceptors (Lipinski definition) is 2. The highest BCUT2D eigenvalue weighted by Crippen LogP contribution is 2.26. The molecule has 104 valence electrons. The summed E-state index contributed by atoms with van der Waals surface area (Å²) in [6.07, 6.45) is 2.07. The molecule has 4 heteroatoms. The van der Waals surface area contributed by atoms with Crippen molar-refractivity contribution in [2.75, 3.05) is 7.11 Å². The molecule has 0 atom stereocenters. The number of ether oxygens (including phenoxy) is 1. The van der Waals surface area contributed by atoms with Gasteiger partial charge in [-0.1, -0.05) is 28.1 Å². The number of rotatable bonds is 3. The number of benzene rings is 2. The Morgan fingerprint density at radius 1 is 1.24 bits per heavy atom. The molecule has 0 aliphatic rings. The minimum atomic E-state index is 0.557. The molecule has 0 saturated carbocycles. The van der Waals surface area contributed by atoms with Gasteiger partial charge in [-0.25, -0.2) is 0 Å². The Kier molecular flexibility index (Phi) is 3.68. The average molecular weight is 341 g/mol. The molecule has 0 fully saturated rings. The Labute approximate surface area is 131 Å². The van der Waals surface area contributed by atoms with Gasteiger partial charge in [0.25, 0.3) is 0 Å². The van der Waals surface area contributed by atoms with E-state index < -0.39 is 0 Å². The van der Waals surface area contributed by atoms with Crippen molar-refractivity contribution >= 4 is 26.8 Å². The maximum Gasteiger partial charge on any atom is 0.136 e. The molecule has 2 aromatic carbocycles. The predicted molar refractivity (Wildman–Crippen MR) is 86.4 cm³/mol. The van der Waals surface area contributed by atoms with Crippen LogP contribution in [0.4, 0.5) is 0 Å². The second-order valence-corrected chi connectivity index (χ2v) is 5.62. The highest BCUT2D eigenvalue weighted by Gasteiger charge is 2.07. The summed E-state index contributed by atoms with van der Waals surface area (Å²) in [4.78, 5) is 0. The van der Waals surface area contributed by atoms with E-state index in [0.29, 0.717) is 11.3 Å². The normalized spacial score (nSPS) is 10.5. The van der Waals surface area contributed by atoms with Crippen LogP contribution in [0.25, 0.3) is 10.9 Å². The summed E-state index contributed by atoms with van der Waals surface area (Å²) in [6, 6.07) is 16.1. The lowest BCUT2D eigenvalue weighted by Crippen LogP contribution is -1.99. The fourth-order valence-electron chi connectivity index (χ4n) is 2.45. The highest BCUT2D eigenvalue weighted by atomic mass is 79.9. The number of hydrogen-bond donors (Lipinski definition) is 0. The van der Waals surface area contributed by atoms with E-state index in [2.05, 4.69) is 44.9 Å². The lowest BCUT2D eigenvalue weighted by molar-refractivity contribution is 0.413. The van der Waals surface area contributed by atoms with E-state index in [1.807, 2.05) is 24.3 Å². The summed E-state index contributed by atoms with van der Waals surface area (Å²) in [6.45, 7) is 0.738. The zero-order valence-corrected chi connectivity index (χ0v) is 13.1. The molecule has 3 aromatic rings. The molecular weight excluding hydrogens is 328 g/mol. The topological polar surface area (TPSA) is 38.0 Å². The van der Waals surface area contributed by atoms with Crippen LogP contribution in [0.5, 0.6) is 5.75 Å². The van der Waals surface area contributed by atoms with Gasteiger partial charge in [0.2, 0.25) is 0 Å². The maximum atomic E-state index is 9.03. The van der Waals surface area contributed by atoms with E-state index in [0.717, 1.165) is 16.6 Å². The molecule has 0 spiro atoms. The lowest BCUT2D eigenvalue weighted by Gasteiger charge is -2.09. The molecule has 0 aliphatic carbocycles. The summed E-state index contributed by atoms with van der Waals surface area (Å²) < 4.78 is 8.54. The fourth-order valence-corrected chi connectivity index (χ4v) is 2.93. The van der Waals surface area contributed by atoms with Crippen molar-refractivity contribution < 1.29 is 4.74 Å². The standard InChI is InChI=1S/C17H13BrN2O/c1-21-17-9-12(5-6-13(17)10-19)11-20-8-7-14-15(18)3-2-4-16(14)20/h2-9H,11H2,1H3. The SMILES string of the molecule is COc1cc(Cn2ccc3c(Br)cccc32)ccc1C#N. The molecule has 0 radical (unpaired) electrons. The van der Waals surface area contributed by atoms with Gasteiger partial charge in [-0.15, -0.1) is 0 Å². The minimum absolute atomic E-state index is 0.557. The van der Waals surface area contributed by atoms with Gasteiger partial charge < -0.3 is 9.30 Å². The van der Waals surface area contributed by atoms with Gasteiger partial charge >= 0.3 is 0 Å². The molecule has 0 N–H and O–H groups in total. The van der Waals surface area contributed by atoms with Crippen molar-refractivity contribution in [3.05, 3.63) is 64.3 Å². The van der Waals surface area contributed by atoms with Crippen molar-refractivity contribution in [1.29, 1.82) is 5.26 Å². The molecule has 3 rings (SSSR count). The third-order valence-electron chi connectivity index (χ3n) is 3.50. The first-order chi connectivity index (χ1) is 10.2. The van der Waals surface area contributed by atoms with Crippen LogP contribution in [0.1, 0.15) is 11.1 Å². The molecule has 21 heavy (non-hydrogen) atoms. The number of aromatic nitrogens is 1. The first kappa shape index (κ1) is 13.7. The van der Waals surface area contributed by atoms with Gasteiger partial charge in [0.05, 0.1) is 12.7 Å². The zero-order chi connectivity index (χ0) is 14.8. The van der Waals surface area contributed by atoms with E-state index in [9.17, 15) is 0 Å². The average Bonchev–Trinajstić information content (AvgIpc) is 2.92. The second kappa shape index (κ2) is 5.63. The molecule has 0 bridgehead atoms. The van der Waals surface area contributed by atoms with Crippen molar-refractivity contribution in [3.63, 3.8) is 0 Å². The van der Waals surface area contributed by atoms with Gasteiger partial charge in [-0.2, -0.15) is 5.26 Å². The van der Waals surface area contributed by atoms with Gasteiger partial charge in [0.15, 0.2) is 0 Å². The first-order valence-electron chi connectivity index (χ1n) is 6.53. The third kappa shape index (κ3) is 2.53. The van der Waals surface area contributed by atoms with Crippen molar-refractivity contribution in [2.24, 2.45) is 0 Å². The Hall–Kier alpha value is -2.25. The van der Waals surface area contributed by atoms with Crippen LogP contribution < -0.4 is 4.74 Å². The quantitative estimate of drug-likeness (QED) is 0.711. The molecule has 3 nitrogen and oxygen atoms in total.